The van der Waals surface area contributed by atoms with Crippen LogP contribution in [0, 0.1) is 5.92 Å². The third kappa shape index (κ3) is 4.23. The predicted molar refractivity (Wildman–Crippen MR) is 91.3 cm³/mol. The summed E-state index contributed by atoms with van der Waals surface area (Å²) in [5, 5.41) is 0. The molecule has 0 bridgehead atoms. The highest BCUT2D eigenvalue weighted by Crippen LogP contribution is 2.33. The molecule has 1 fully saturated rings. The maximum Gasteiger partial charge on any atom is 0.0380 e. The van der Waals surface area contributed by atoms with Gasteiger partial charge in [-0.25, -0.2) is 0 Å². The zero-order chi connectivity index (χ0) is 14.7. The number of halogens is 1. The standard InChI is InChI=1S/C17H27BrN2/c1-4-15(19)9-14-7-8-16(10-17(14)18)20(12(2)3)11-13-5-6-13/h7-8,10,12-13,15H,4-6,9,11,19H2,1-3H3. The van der Waals surface area contributed by atoms with Gasteiger partial charge in [-0.05, 0) is 63.1 Å². The number of benzene rings is 1. The molecule has 0 aromatic heterocycles. The molecule has 1 aliphatic rings. The lowest BCUT2D eigenvalue weighted by molar-refractivity contribution is 0.639. The van der Waals surface area contributed by atoms with Crippen molar-refractivity contribution in [3.8, 4) is 0 Å². The van der Waals surface area contributed by atoms with E-state index in [9.17, 15) is 0 Å². The molecule has 0 heterocycles. The van der Waals surface area contributed by atoms with Gasteiger partial charge in [0.25, 0.3) is 0 Å². The van der Waals surface area contributed by atoms with E-state index in [1.165, 1.54) is 35.1 Å². The summed E-state index contributed by atoms with van der Waals surface area (Å²) in [6, 6.07) is 7.55. The molecular weight excluding hydrogens is 312 g/mol. The Morgan fingerprint density at radius 1 is 1.35 bits per heavy atom. The second kappa shape index (κ2) is 6.95. The van der Waals surface area contributed by atoms with E-state index >= 15 is 0 Å². The fraction of sp³-hybridized carbons (Fsp3) is 0.647. The second-order valence-electron chi connectivity index (χ2n) is 6.34. The number of anilines is 1. The summed E-state index contributed by atoms with van der Waals surface area (Å²) in [6.45, 7) is 7.88. The molecule has 2 nitrogen and oxygen atoms in total. The van der Waals surface area contributed by atoms with Crippen LogP contribution < -0.4 is 10.6 Å². The highest BCUT2D eigenvalue weighted by molar-refractivity contribution is 9.10. The van der Waals surface area contributed by atoms with Gasteiger partial charge in [-0.2, -0.15) is 0 Å². The summed E-state index contributed by atoms with van der Waals surface area (Å²) >= 11 is 3.72. The summed E-state index contributed by atoms with van der Waals surface area (Å²) in [6.07, 6.45) is 4.76. The monoisotopic (exact) mass is 338 g/mol. The average Bonchev–Trinajstić information content (AvgIpc) is 3.22. The van der Waals surface area contributed by atoms with Gasteiger partial charge in [-0.1, -0.05) is 28.9 Å². The summed E-state index contributed by atoms with van der Waals surface area (Å²) in [4.78, 5) is 2.52. The van der Waals surface area contributed by atoms with Gasteiger partial charge in [0.05, 0.1) is 0 Å². The van der Waals surface area contributed by atoms with Crippen molar-refractivity contribution in [2.75, 3.05) is 11.4 Å². The SMILES string of the molecule is CCC(N)Cc1ccc(N(CC2CC2)C(C)C)cc1Br. The van der Waals surface area contributed by atoms with Crippen molar-refractivity contribution in [3.63, 3.8) is 0 Å². The van der Waals surface area contributed by atoms with Gasteiger partial charge in [-0.15, -0.1) is 0 Å². The van der Waals surface area contributed by atoms with Crippen molar-refractivity contribution in [2.45, 2.75) is 58.5 Å². The molecule has 0 spiro atoms. The number of nitrogens with zero attached hydrogens (tertiary/aromatic N) is 1. The van der Waals surface area contributed by atoms with Gasteiger partial charge in [0.2, 0.25) is 0 Å². The first kappa shape index (κ1) is 15.8. The molecule has 1 aliphatic carbocycles. The molecule has 0 aliphatic heterocycles. The molecule has 0 saturated heterocycles. The van der Waals surface area contributed by atoms with Crippen LogP contribution in [-0.4, -0.2) is 18.6 Å². The maximum atomic E-state index is 6.06. The zero-order valence-corrected chi connectivity index (χ0v) is 14.5. The Morgan fingerprint density at radius 3 is 2.55 bits per heavy atom. The third-order valence-corrected chi connectivity index (χ3v) is 4.89. The molecule has 1 aromatic carbocycles. The van der Waals surface area contributed by atoms with Crippen LogP contribution in [0.25, 0.3) is 0 Å². The molecule has 2 N–H and O–H groups in total. The first-order valence-corrected chi connectivity index (χ1v) is 8.61. The van der Waals surface area contributed by atoms with Crippen molar-refractivity contribution in [1.82, 2.24) is 0 Å². The quantitative estimate of drug-likeness (QED) is 0.800. The first-order valence-electron chi connectivity index (χ1n) is 7.81. The van der Waals surface area contributed by atoms with E-state index in [1.54, 1.807) is 0 Å². The molecule has 0 amide bonds. The maximum absolute atomic E-state index is 6.06. The molecule has 0 radical (unpaired) electrons. The van der Waals surface area contributed by atoms with Crippen LogP contribution in [0.15, 0.2) is 22.7 Å². The largest absolute Gasteiger partial charge is 0.369 e. The van der Waals surface area contributed by atoms with Gasteiger partial charge < -0.3 is 10.6 Å². The molecule has 1 atom stereocenters. The lowest BCUT2D eigenvalue weighted by atomic mass is 10.0. The Bertz CT molecular complexity index is 441. The van der Waals surface area contributed by atoms with Crippen molar-refractivity contribution in [1.29, 1.82) is 0 Å². The Labute approximate surface area is 131 Å². The van der Waals surface area contributed by atoms with Crippen molar-refractivity contribution < 1.29 is 0 Å². The average molecular weight is 339 g/mol. The molecular formula is C17H27BrN2. The van der Waals surface area contributed by atoms with Gasteiger partial charge in [0.15, 0.2) is 0 Å². The number of hydrogen-bond acceptors (Lipinski definition) is 2. The van der Waals surface area contributed by atoms with E-state index in [1.807, 2.05) is 0 Å². The van der Waals surface area contributed by atoms with Crippen LogP contribution in [0.2, 0.25) is 0 Å². The minimum Gasteiger partial charge on any atom is -0.369 e. The summed E-state index contributed by atoms with van der Waals surface area (Å²) in [5.74, 6) is 0.907. The lowest BCUT2D eigenvalue weighted by Gasteiger charge is -2.29. The molecule has 2 rings (SSSR count). The van der Waals surface area contributed by atoms with E-state index < -0.39 is 0 Å². The Balaban J connectivity index is 2.13. The fourth-order valence-corrected chi connectivity index (χ4v) is 3.03. The number of nitrogens with two attached hydrogens (primary N) is 1. The second-order valence-corrected chi connectivity index (χ2v) is 7.19. The van der Waals surface area contributed by atoms with Crippen LogP contribution in [-0.2, 0) is 6.42 Å². The van der Waals surface area contributed by atoms with Gasteiger partial charge in [0.1, 0.15) is 0 Å². The van der Waals surface area contributed by atoms with Gasteiger partial charge >= 0.3 is 0 Å². The van der Waals surface area contributed by atoms with E-state index in [2.05, 4.69) is 59.8 Å². The van der Waals surface area contributed by atoms with E-state index in [4.69, 9.17) is 5.73 Å². The topological polar surface area (TPSA) is 29.3 Å². The van der Waals surface area contributed by atoms with Gasteiger partial charge in [0, 0.05) is 28.8 Å². The van der Waals surface area contributed by atoms with Crippen LogP contribution in [0.1, 0.15) is 45.6 Å². The molecule has 1 saturated carbocycles. The van der Waals surface area contributed by atoms with Crippen LogP contribution in [0.3, 0.4) is 0 Å². The van der Waals surface area contributed by atoms with Gasteiger partial charge in [-0.3, -0.25) is 0 Å². The molecule has 112 valence electrons. The van der Waals surface area contributed by atoms with E-state index in [0.29, 0.717) is 6.04 Å². The van der Waals surface area contributed by atoms with Crippen molar-refractivity contribution in [3.05, 3.63) is 28.2 Å². The highest BCUT2D eigenvalue weighted by Gasteiger charge is 2.25. The van der Waals surface area contributed by atoms with Crippen LogP contribution >= 0.6 is 15.9 Å². The van der Waals surface area contributed by atoms with Crippen LogP contribution in [0.5, 0.6) is 0 Å². The number of hydrogen-bond donors (Lipinski definition) is 1. The minimum atomic E-state index is 0.254. The Morgan fingerprint density at radius 2 is 2.05 bits per heavy atom. The molecule has 1 unspecified atom stereocenters. The van der Waals surface area contributed by atoms with Crippen molar-refractivity contribution in [2.24, 2.45) is 11.7 Å². The first-order chi connectivity index (χ1) is 9.51. The van der Waals surface area contributed by atoms with Crippen molar-refractivity contribution >= 4 is 21.6 Å². The Hall–Kier alpha value is -0.540. The summed E-state index contributed by atoms with van der Waals surface area (Å²) in [7, 11) is 0. The smallest absolute Gasteiger partial charge is 0.0380 e. The van der Waals surface area contributed by atoms with Crippen LogP contribution in [0.4, 0.5) is 5.69 Å². The fourth-order valence-electron chi connectivity index (χ4n) is 2.50. The van der Waals surface area contributed by atoms with E-state index in [-0.39, 0.29) is 6.04 Å². The molecule has 20 heavy (non-hydrogen) atoms. The lowest BCUT2D eigenvalue weighted by Crippen LogP contribution is -2.32. The minimum absolute atomic E-state index is 0.254. The third-order valence-electron chi connectivity index (χ3n) is 4.15. The summed E-state index contributed by atoms with van der Waals surface area (Å²) < 4.78 is 1.19. The van der Waals surface area contributed by atoms with E-state index in [0.717, 1.165) is 18.8 Å². The number of rotatable bonds is 7. The molecule has 3 heteroatoms. The predicted octanol–water partition coefficient (Wildman–Crippen LogP) is 4.35. The molecule has 1 aromatic rings. The Kier molecular flexibility index (Phi) is 5.50. The zero-order valence-electron chi connectivity index (χ0n) is 12.9. The normalized spacial score (nSPS) is 16.5. The highest BCUT2D eigenvalue weighted by atomic mass is 79.9. The summed E-state index contributed by atoms with van der Waals surface area (Å²) in [5.41, 5.74) is 8.71.